The van der Waals surface area contributed by atoms with E-state index in [0.717, 1.165) is 4.73 Å². The molecular weight excluding hydrogens is 268 g/mol. The molecule has 0 aliphatic heterocycles. The van der Waals surface area contributed by atoms with Crippen molar-refractivity contribution in [1.29, 1.82) is 0 Å². The van der Waals surface area contributed by atoms with Gasteiger partial charge in [-0.05, 0) is 12.5 Å². The van der Waals surface area contributed by atoms with Crippen LogP contribution in [0.15, 0.2) is 28.7 Å². The summed E-state index contributed by atoms with van der Waals surface area (Å²) in [5.41, 5.74) is 1.06. The Hall–Kier alpha value is -1.75. The Morgan fingerprint density at radius 2 is 2.21 bits per heavy atom. The van der Waals surface area contributed by atoms with Gasteiger partial charge in [-0.1, -0.05) is 12.1 Å². The zero-order valence-corrected chi connectivity index (χ0v) is 11.2. The Morgan fingerprint density at radius 3 is 2.95 bits per heavy atom. The first-order valence-corrected chi connectivity index (χ1v) is 6.68. The van der Waals surface area contributed by atoms with E-state index in [0.29, 0.717) is 48.7 Å². The van der Waals surface area contributed by atoms with Crippen molar-refractivity contribution in [3.63, 3.8) is 0 Å². The Labute approximate surface area is 115 Å². The van der Waals surface area contributed by atoms with Crippen LogP contribution < -0.4 is 10.0 Å². The van der Waals surface area contributed by atoms with E-state index in [1.165, 1.54) is 0 Å². The lowest BCUT2D eigenvalue weighted by molar-refractivity contribution is -0.592. The summed E-state index contributed by atoms with van der Waals surface area (Å²) < 4.78 is 6.20. The molecule has 0 spiro atoms. The van der Waals surface area contributed by atoms with Crippen LogP contribution in [0.2, 0.25) is 0 Å². The second-order valence-electron chi connectivity index (χ2n) is 4.15. The molecule has 2 rings (SSSR count). The van der Waals surface area contributed by atoms with Gasteiger partial charge in [-0.25, -0.2) is 0 Å². The summed E-state index contributed by atoms with van der Waals surface area (Å²) in [6.07, 6.45) is 1.42. The molecule has 0 saturated heterocycles. The SMILES string of the molecule is O=C(CCCCl)NCCc1oc2ccccc2[n+]1[O-]. The monoisotopic (exact) mass is 282 g/mol. The molecule has 0 aliphatic carbocycles. The van der Waals surface area contributed by atoms with Crippen molar-refractivity contribution >= 4 is 28.6 Å². The number of amides is 1. The number of nitrogens with zero attached hydrogens (tertiary/aromatic N) is 1. The topological polar surface area (TPSA) is 69.2 Å². The highest BCUT2D eigenvalue weighted by molar-refractivity contribution is 6.17. The lowest BCUT2D eigenvalue weighted by Crippen LogP contribution is -2.33. The number of halogens is 1. The van der Waals surface area contributed by atoms with Crippen LogP contribution in [-0.2, 0) is 11.2 Å². The number of alkyl halides is 1. The summed E-state index contributed by atoms with van der Waals surface area (Å²) in [5, 5.41) is 14.6. The number of oxazole rings is 1. The van der Waals surface area contributed by atoms with E-state index in [9.17, 15) is 10.0 Å². The number of aromatic nitrogens is 1. The molecule has 0 saturated carbocycles. The molecular formula is C13H15ClN2O3. The Balaban J connectivity index is 1.91. The van der Waals surface area contributed by atoms with Crippen LogP contribution in [0.1, 0.15) is 18.7 Å². The summed E-state index contributed by atoms with van der Waals surface area (Å²) >= 11 is 5.50. The van der Waals surface area contributed by atoms with Gasteiger partial charge in [-0.3, -0.25) is 4.79 Å². The van der Waals surface area contributed by atoms with Crippen molar-refractivity contribution in [2.75, 3.05) is 12.4 Å². The van der Waals surface area contributed by atoms with Crippen LogP contribution in [-0.4, -0.2) is 18.3 Å². The van der Waals surface area contributed by atoms with Crippen LogP contribution in [0.25, 0.3) is 11.1 Å². The molecule has 5 nitrogen and oxygen atoms in total. The summed E-state index contributed by atoms with van der Waals surface area (Å²) in [7, 11) is 0. The minimum atomic E-state index is -0.0609. The maximum atomic E-state index is 11.9. The summed E-state index contributed by atoms with van der Waals surface area (Å²) in [6, 6.07) is 7.04. The smallest absolute Gasteiger partial charge is 0.361 e. The number of hydrogen-bond donors (Lipinski definition) is 1. The predicted molar refractivity (Wildman–Crippen MR) is 71.8 cm³/mol. The molecule has 0 fully saturated rings. The molecule has 6 heteroatoms. The molecule has 0 radical (unpaired) electrons. The van der Waals surface area contributed by atoms with Crippen LogP contribution in [0.3, 0.4) is 0 Å². The van der Waals surface area contributed by atoms with E-state index in [4.69, 9.17) is 16.0 Å². The second kappa shape index (κ2) is 6.43. The maximum Gasteiger partial charge on any atom is 0.361 e. The average molecular weight is 283 g/mol. The molecule has 0 unspecified atom stereocenters. The van der Waals surface area contributed by atoms with Gasteiger partial charge in [0.15, 0.2) is 0 Å². The largest absolute Gasteiger partial charge is 0.616 e. The Bertz CT molecular complexity index is 568. The minimum Gasteiger partial charge on any atom is -0.616 e. The van der Waals surface area contributed by atoms with E-state index in [-0.39, 0.29) is 5.91 Å². The van der Waals surface area contributed by atoms with E-state index in [2.05, 4.69) is 5.32 Å². The van der Waals surface area contributed by atoms with Crippen molar-refractivity contribution < 1.29 is 13.9 Å². The van der Waals surface area contributed by atoms with Gasteiger partial charge in [0.2, 0.25) is 11.5 Å². The molecule has 0 bridgehead atoms. The van der Waals surface area contributed by atoms with Gasteiger partial charge in [0.1, 0.15) is 0 Å². The minimum absolute atomic E-state index is 0.0609. The van der Waals surface area contributed by atoms with Crippen molar-refractivity contribution in [3.05, 3.63) is 35.4 Å². The Morgan fingerprint density at radius 1 is 1.42 bits per heavy atom. The summed E-state index contributed by atoms with van der Waals surface area (Å²) in [5.74, 6) is 0.713. The zero-order valence-electron chi connectivity index (χ0n) is 10.4. The molecule has 102 valence electrons. The van der Waals surface area contributed by atoms with E-state index in [1.54, 1.807) is 18.2 Å². The fraction of sp³-hybridized carbons (Fsp3) is 0.385. The Kier molecular flexibility index (Phi) is 4.63. The van der Waals surface area contributed by atoms with E-state index >= 15 is 0 Å². The fourth-order valence-electron chi connectivity index (χ4n) is 1.79. The highest BCUT2D eigenvalue weighted by atomic mass is 35.5. The number of benzene rings is 1. The molecule has 1 amide bonds. The van der Waals surface area contributed by atoms with E-state index in [1.807, 2.05) is 6.07 Å². The quantitative estimate of drug-likeness (QED) is 0.498. The van der Waals surface area contributed by atoms with Crippen molar-refractivity contribution in [1.82, 2.24) is 5.32 Å². The van der Waals surface area contributed by atoms with Gasteiger partial charge < -0.3 is 14.9 Å². The number of nitrogens with one attached hydrogen (secondary N) is 1. The first kappa shape index (κ1) is 13.7. The van der Waals surface area contributed by atoms with Gasteiger partial charge in [0.25, 0.3) is 5.52 Å². The molecule has 0 atom stereocenters. The number of hydrogen-bond acceptors (Lipinski definition) is 3. The summed E-state index contributed by atoms with van der Waals surface area (Å²) in [4.78, 5) is 11.4. The first-order chi connectivity index (χ1) is 9.22. The van der Waals surface area contributed by atoms with Crippen molar-refractivity contribution in [3.8, 4) is 0 Å². The number of rotatable bonds is 6. The third kappa shape index (κ3) is 3.38. The van der Waals surface area contributed by atoms with Gasteiger partial charge in [-0.15, -0.1) is 16.3 Å². The molecule has 2 aromatic rings. The number of para-hydroxylation sites is 2. The highest BCUT2D eigenvalue weighted by Gasteiger charge is 2.16. The predicted octanol–water partition coefficient (Wildman–Crippen LogP) is 1.74. The van der Waals surface area contributed by atoms with Gasteiger partial charge in [-0.2, -0.15) is 0 Å². The highest BCUT2D eigenvalue weighted by Crippen LogP contribution is 2.12. The second-order valence-corrected chi connectivity index (χ2v) is 4.53. The van der Waals surface area contributed by atoms with Gasteiger partial charge in [0.05, 0.1) is 6.42 Å². The maximum absolute atomic E-state index is 11.9. The molecule has 1 N–H and O–H groups in total. The van der Waals surface area contributed by atoms with E-state index < -0.39 is 0 Å². The lowest BCUT2D eigenvalue weighted by Gasteiger charge is -2.02. The van der Waals surface area contributed by atoms with Gasteiger partial charge >= 0.3 is 5.89 Å². The number of fused-ring (bicyclic) bond motifs is 1. The molecule has 1 aromatic carbocycles. The van der Waals surface area contributed by atoms with Crippen molar-refractivity contribution in [2.45, 2.75) is 19.3 Å². The molecule has 0 aliphatic rings. The zero-order chi connectivity index (χ0) is 13.7. The number of carbonyl (C=O) groups is 1. The number of carbonyl (C=O) groups excluding carboxylic acids is 1. The van der Waals surface area contributed by atoms with Crippen LogP contribution in [0, 0.1) is 5.21 Å². The third-order valence-corrected chi connectivity index (χ3v) is 3.00. The molecule has 1 heterocycles. The first-order valence-electron chi connectivity index (χ1n) is 6.15. The lowest BCUT2D eigenvalue weighted by atomic mass is 10.3. The van der Waals surface area contributed by atoms with Crippen molar-refractivity contribution in [2.24, 2.45) is 0 Å². The average Bonchev–Trinajstić information content (AvgIpc) is 2.74. The van der Waals surface area contributed by atoms with Gasteiger partial charge in [0, 0.05) is 24.9 Å². The summed E-state index contributed by atoms with van der Waals surface area (Å²) in [6.45, 7) is 0.378. The standard InChI is InChI=1S/C13H15ClN2O3/c14-8-3-6-12(17)15-9-7-13-16(18)10-4-1-2-5-11(10)19-13/h1-2,4-5H,3,6-9H2,(H,15,17). The molecule has 1 aromatic heterocycles. The fourth-order valence-corrected chi connectivity index (χ4v) is 1.92. The molecule has 19 heavy (non-hydrogen) atoms. The van der Waals surface area contributed by atoms with Crippen LogP contribution in [0.5, 0.6) is 0 Å². The normalized spacial score (nSPS) is 10.8. The van der Waals surface area contributed by atoms with Crippen LogP contribution >= 0.6 is 11.6 Å². The van der Waals surface area contributed by atoms with Crippen LogP contribution in [0.4, 0.5) is 0 Å². The third-order valence-electron chi connectivity index (χ3n) is 2.74.